The molecule has 2 rings (SSSR count). The first-order valence-electron chi connectivity index (χ1n) is 7.77. The van der Waals surface area contributed by atoms with E-state index < -0.39 is 0 Å². The molecule has 0 bridgehead atoms. The number of aryl methyl sites for hydroxylation is 1. The number of amides is 1. The number of hydrogen-bond donors (Lipinski definition) is 1. The molecule has 4 heteroatoms. The summed E-state index contributed by atoms with van der Waals surface area (Å²) in [5.74, 6) is 1.70. The number of nitrogens with one attached hydrogen (secondary N) is 1. The second-order valence-corrected chi connectivity index (χ2v) is 5.35. The van der Waals surface area contributed by atoms with Crippen molar-refractivity contribution in [3.63, 3.8) is 0 Å². The molecule has 2 aromatic carbocycles. The standard InChI is InChI=1S/C19H23NO3/c1-15-7-3-4-10-18(15)23-12-6-11-19(21)20-14-16-8-5-9-17(13-16)22-2/h3-5,7-10,13H,6,11-12,14H2,1-2H3,(H,20,21). The lowest BCUT2D eigenvalue weighted by molar-refractivity contribution is -0.121. The molecule has 0 aliphatic carbocycles. The molecule has 0 saturated heterocycles. The minimum absolute atomic E-state index is 0.0289. The van der Waals surface area contributed by atoms with E-state index in [2.05, 4.69) is 5.32 Å². The Morgan fingerprint density at radius 3 is 2.74 bits per heavy atom. The molecule has 0 radical (unpaired) electrons. The second-order valence-electron chi connectivity index (χ2n) is 5.35. The number of methoxy groups -OCH3 is 1. The topological polar surface area (TPSA) is 47.6 Å². The highest BCUT2D eigenvalue weighted by Gasteiger charge is 2.03. The third-order valence-corrected chi connectivity index (χ3v) is 3.52. The average molecular weight is 313 g/mol. The molecule has 1 N–H and O–H groups in total. The summed E-state index contributed by atoms with van der Waals surface area (Å²) in [4.78, 5) is 11.9. The van der Waals surface area contributed by atoms with E-state index in [4.69, 9.17) is 9.47 Å². The second kappa shape index (κ2) is 8.83. The van der Waals surface area contributed by atoms with E-state index in [0.29, 0.717) is 26.0 Å². The minimum Gasteiger partial charge on any atom is -0.497 e. The van der Waals surface area contributed by atoms with Crippen LogP contribution in [0.3, 0.4) is 0 Å². The van der Waals surface area contributed by atoms with Crippen molar-refractivity contribution in [1.82, 2.24) is 5.32 Å². The van der Waals surface area contributed by atoms with Gasteiger partial charge in [-0.05, 0) is 42.7 Å². The van der Waals surface area contributed by atoms with Gasteiger partial charge >= 0.3 is 0 Å². The Hall–Kier alpha value is -2.49. The summed E-state index contributed by atoms with van der Waals surface area (Å²) in [7, 11) is 1.63. The van der Waals surface area contributed by atoms with Crippen LogP contribution in [-0.4, -0.2) is 19.6 Å². The number of para-hydroxylation sites is 1. The lowest BCUT2D eigenvalue weighted by Gasteiger charge is -2.09. The Labute approximate surface area is 137 Å². The first-order valence-corrected chi connectivity index (χ1v) is 7.77. The van der Waals surface area contributed by atoms with Crippen molar-refractivity contribution in [2.24, 2.45) is 0 Å². The molecule has 0 aromatic heterocycles. The molecule has 0 saturated carbocycles. The number of ether oxygens (including phenoxy) is 2. The Bertz CT molecular complexity index is 640. The van der Waals surface area contributed by atoms with Gasteiger partial charge in [-0.2, -0.15) is 0 Å². The molecule has 0 atom stereocenters. The lowest BCUT2D eigenvalue weighted by atomic mass is 10.2. The third-order valence-electron chi connectivity index (χ3n) is 3.52. The van der Waals surface area contributed by atoms with Gasteiger partial charge in [0, 0.05) is 13.0 Å². The highest BCUT2D eigenvalue weighted by molar-refractivity contribution is 5.75. The SMILES string of the molecule is COc1cccc(CNC(=O)CCCOc2ccccc2C)c1. The predicted octanol–water partition coefficient (Wildman–Crippen LogP) is 3.48. The van der Waals surface area contributed by atoms with Gasteiger partial charge in [0.05, 0.1) is 13.7 Å². The fourth-order valence-electron chi connectivity index (χ4n) is 2.20. The molecule has 2 aromatic rings. The zero-order valence-electron chi connectivity index (χ0n) is 13.7. The molecule has 122 valence electrons. The highest BCUT2D eigenvalue weighted by Crippen LogP contribution is 2.16. The van der Waals surface area contributed by atoms with Gasteiger partial charge < -0.3 is 14.8 Å². The van der Waals surface area contributed by atoms with Crippen molar-refractivity contribution in [3.8, 4) is 11.5 Å². The van der Waals surface area contributed by atoms with E-state index in [9.17, 15) is 4.79 Å². The van der Waals surface area contributed by atoms with Gasteiger partial charge in [0.2, 0.25) is 5.91 Å². The van der Waals surface area contributed by atoms with Crippen LogP contribution in [-0.2, 0) is 11.3 Å². The Balaban J connectivity index is 1.66. The zero-order valence-corrected chi connectivity index (χ0v) is 13.7. The van der Waals surface area contributed by atoms with Gasteiger partial charge in [0.1, 0.15) is 11.5 Å². The van der Waals surface area contributed by atoms with Gasteiger partial charge in [-0.3, -0.25) is 4.79 Å². The molecular weight excluding hydrogens is 290 g/mol. The monoisotopic (exact) mass is 313 g/mol. The molecule has 0 heterocycles. The Morgan fingerprint density at radius 2 is 1.96 bits per heavy atom. The van der Waals surface area contributed by atoms with Crippen LogP contribution in [0.2, 0.25) is 0 Å². The molecule has 0 unspecified atom stereocenters. The van der Waals surface area contributed by atoms with Crippen molar-refractivity contribution >= 4 is 5.91 Å². The van der Waals surface area contributed by atoms with Gasteiger partial charge in [0.15, 0.2) is 0 Å². The maximum atomic E-state index is 11.9. The van der Waals surface area contributed by atoms with Gasteiger partial charge in [-0.15, -0.1) is 0 Å². The van der Waals surface area contributed by atoms with Crippen LogP contribution in [0.4, 0.5) is 0 Å². The molecule has 0 spiro atoms. The average Bonchev–Trinajstić information content (AvgIpc) is 2.58. The van der Waals surface area contributed by atoms with Gasteiger partial charge in [-0.1, -0.05) is 30.3 Å². The summed E-state index contributed by atoms with van der Waals surface area (Å²) in [6, 6.07) is 15.6. The van der Waals surface area contributed by atoms with Gasteiger partial charge in [0.25, 0.3) is 0 Å². The predicted molar refractivity (Wildman–Crippen MR) is 90.7 cm³/mol. The number of carbonyl (C=O) groups excluding carboxylic acids is 1. The van der Waals surface area contributed by atoms with Crippen LogP contribution in [0.25, 0.3) is 0 Å². The van der Waals surface area contributed by atoms with Crippen molar-refractivity contribution < 1.29 is 14.3 Å². The first kappa shape index (κ1) is 16.9. The van der Waals surface area contributed by atoms with E-state index in [-0.39, 0.29) is 5.91 Å². The summed E-state index contributed by atoms with van der Waals surface area (Å²) >= 11 is 0. The molecule has 0 fully saturated rings. The Kier molecular flexibility index (Phi) is 6.48. The van der Waals surface area contributed by atoms with Crippen LogP contribution >= 0.6 is 0 Å². The van der Waals surface area contributed by atoms with E-state index in [1.807, 2.05) is 55.5 Å². The molecule has 23 heavy (non-hydrogen) atoms. The summed E-state index contributed by atoms with van der Waals surface area (Å²) in [6.45, 7) is 3.06. The van der Waals surface area contributed by atoms with Crippen molar-refractivity contribution in [1.29, 1.82) is 0 Å². The smallest absolute Gasteiger partial charge is 0.220 e. The lowest BCUT2D eigenvalue weighted by Crippen LogP contribution is -2.23. The third kappa shape index (κ3) is 5.66. The van der Waals surface area contributed by atoms with Crippen LogP contribution in [0.5, 0.6) is 11.5 Å². The first-order chi connectivity index (χ1) is 11.2. The summed E-state index contributed by atoms with van der Waals surface area (Å²) < 4.78 is 10.8. The molecule has 4 nitrogen and oxygen atoms in total. The van der Waals surface area contributed by atoms with E-state index in [0.717, 1.165) is 22.6 Å². The zero-order chi connectivity index (χ0) is 16.5. The van der Waals surface area contributed by atoms with Crippen LogP contribution in [0, 0.1) is 6.92 Å². The minimum atomic E-state index is 0.0289. The van der Waals surface area contributed by atoms with E-state index in [1.54, 1.807) is 7.11 Å². The molecule has 0 aliphatic heterocycles. The number of carbonyl (C=O) groups is 1. The summed E-state index contributed by atoms with van der Waals surface area (Å²) in [5, 5.41) is 2.91. The molecule has 0 aliphatic rings. The van der Waals surface area contributed by atoms with Crippen LogP contribution < -0.4 is 14.8 Å². The van der Waals surface area contributed by atoms with E-state index in [1.165, 1.54) is 0 Å². The maximum absolute atomic E-state index is 11.9. The van der Waals surface area contributed by atoms with Crippen molar-refractivity contribution in [2.75, 3.05) is 13.7 Å². The summed E-state index contributed by atoms with van der Waals surface area (Å²) in [5.41, 5.74) is 2.13. The number of rotatable bonds is 8. The van der Waals surface area contributed by atoms with Gasteiger partial charge in [-0.25, -0.2) is 0 Å². The number of benzene rings is 2. The fourth-order valence-corrected chi connectivity index (χ4v) is 2.20. The highest BCUT2D eigenvalue weighted by atomic mass is 16.5. The largest absolute Gasteiger partial charge is 0.497 e. The van der Waals surface area contributed by atoms with Crippen molar-refractivity contribution in [3.05, 3.63) is 59.7 Å². The van der Waals surface area contributed by atoms with Crippen LogP contribution in [0.1, 0.15) is 24.0 Å². The summed E-state index contributed by atoms with van der Waals surface area (Å²) in [6.07, 6.45) is 1.15. The normalized spacial score (nSPS) is 10.2. The fraction of sp³-hybridized carbons (Fsp3) is 0.316. The molecular formula is C19H23NO3. The van der Waals surface area contributed by atoms with Crippen LogP contribution in [0.15, 0.2) is 48.5 Å². The quantitative estimate of drug-likeness (QED) is 0.759. The maximum Gasteiger partial charge on any atom is 0.220 e. The molecule has 1 amide bonds. The van der Waals surface area contributed by atoms with E-state index >= 15 is 0 Å². The van der Waals surface area contributed by atoms with Crippen molar-refractivity contribution in [2.45, 2.75) is 26.3 Å². The number of hydrogen-bond acceptors (Lipinski definition) is 3. The Morgan fingerprint density at radius 1 is 1.13 bits per heavy atom.